The number of rotatable bonds is 8. The Kier molecular flexibility index (Phi) is 6.53. The van der Waals surface area contributed by atoms with Crippen LogP contribution in [0.3, 0.4) is 0 Å². The highest BCUT2D eigenvalue weighted by atomic mass is 16.4. The van der Waals surface area contributed by atoms with E-state index in [4.69, 9.17) is 10.8 Å². The van der Waals surface area contributed by atoms with Gasteiger partial charge in [0.25, 0.3) is 0 Å². The Morgan fingerprint density at radius 1 is 0.812 bits per heavy atom. The molecule has 1 heterocycles. The van der Waals surface area contributed by atoms with Crippen molar-refractivity contribution in [3.8, 4) is 22.4 Å². The number of hydrogen-bond donors (Lipinski definition) is 3. The smallest absolute Gasteiger partial charge is 0.320 e. The molecule has 0 saturated heterocycles. The van der Waals surface area contributed by atoms with E-state index in [1.165, 1.54) is 11.1 Å². The maximum Gasteiger partial charge on any atom is 0.320 e. The number of aliphatic carboxylic acids is 1. The minimum Gasteiger partial charge on any atom is -0.480 e. The van der Waals surface area contributed by atoms with Crippen LogP contribution in [0.25, 0.3) is 22.4 Å². The summed E-state index contributed by atoms with van der Waals surface area (Å²) in [5.74, 6) is -0.305. The predicted molar refractivity (Wildman–Crippen MR) is 126 cm³/mol. The van der Waals surface area contributed by atoms with Crippen molar-refractivity contribution in [1.82, 2.24) is 9.97 Å². The van der Waals surface area contributed by atoms with Gasteiger partial charge in [-0.2, -0.15) is 0 Å². The second-order valence-electron chi connectivity index (χ2n) is 7.55. The van der Waals surface area contributed by atoms with Crippen molar-refractivity contribution >= 4 is 11.8 Å². The number of nitrogens with two attached hydrogens (primary N) is 1. The second kappa shape index (κ2) is 9.85. The Labute approximate surface area is 186 Å². The van der Waals surface area contributed by atoms with E-state index in [1.807, 2.05) is 42.5 Å². The maximum atomic E-state index is 10.9. The van der Waals surface area contributed by atoms with Gasteiger partial charge in [0.05, 0.1) is 18.1 Å². The Balaban J connectivity index is 1.34. The molecule has 0 unspecified atom stereocenters. The molecule has 0 aliphatic rings. The largest absolute Gasteiger partial charge is 0.480 e. The molecule has 160 valence electrons. The van der Waals surface area contributed by atoms with E-state index in [-0.39, 0.29) is 6.42 Å². The Hall–Kier alpha value is -4.03. The zero-order valence-corrected chi connectivity index (χ0v) is 17.5. The van der Waals surface area contributed by atoms with Gasteiger partial charge in [0.2, 0.25) is 0 Å². The van der Waals surface area contributed by atoms with Gasteiger partial charge < -0.3 is 16.2 Å². The van der Waals surface area contributed by atoms with Crippen LogP contribution in [0.4, 0.5) is 5.82 Å². The molecule has 4 aromatic rings. The fourth-order valence-electron chi connectivity index (χ4n) is 3.36. The molecule has 0 amide bonds. The fraction of sp³-hybridized carbons (Fsp3) is 0.115. The van der Waals surface area contributed by atoms with Crippen LogP contribution in [0.2, 0.25) is 0 Å². The summed E-state index contributed by atoms with van der Waals surface area (Å²) in [6, 6.07) is 25.4. The number of aromatic nitrogens is 2. The summed E-state index contributed by atoms with van der Waals surface area (Å²) in [5.41, 5.74) is 11.7. The molecule has 0 aliphatic heterocycles. The molecule has 6 heteroatoms. The molecule has 0 bridgehead atoms. The molecule has 4 N–H and O–H groups in total. The van der Waals surface area contributed by atoms with Crippen molar-refractivity contribution in [3.05, 3.63) is 102 Å². The van der Waals surface area contributed by atoms with Gasteiger partial charge in [0.1, 0.15) is 11.9 Å². The summed E-state index contributed by atoms with van der Waals surface area (Å²) in [4.78, 5) is 19.8. The van der Waals surface area contributed by atoms with E-state index in [0.29, 0.717) is 12.4 Å². The standard InChI is InChI=1S/C26H24N4O2/c27-23(26(31)32)14-18-6-12-22(13-7-18)24-16-30-25(17-28-24)29-15-19-8-10-21(11-9-19)20-4-2-1-3-5-20/h1-13,16-17,23H,14-15,27H2,(H,29,30)(H,31,32)/t23-/m0/s1. The van der Waals surface area contributed by atoms with Crippen LogP contribution in [-0.2, 0) is 17.8 Å². The van der Waals surface area contributed by atoms with E-state index in [2.05, 4.69) is 51.7 Å². The summed E-state index contributed by atoms with van der Waals surface area (Å²) in [6.07, 6.45) is 3.72. The SMILES string of the molecule is N[C@@H](Cc1ccc(-c2cnc(NCc3ccc(-c4ccccc4)cc3)cn2)cc1)C(=O)O. The number of benzene rings is 3. The van der Waals surface area contributed by atoms with Crippen LogP contribution in [-0.4, -0.2) is 27.1 Å². The van der Waals surface area contributed by atoms with Crippen LogP contribution >= 0.6 is 0 Å². The first-order valence-electron chi connectivity index (χ1n) is 10.4. The zero-order chi connectivity index (χ0) is 22.3. The third kappa shape index (κ3) is 5.36. The monoisotopic (exact) mass is 424 g/mol. The lowest BCUT2D eigenvalue weighted by Gasteiger charge is -2.09. The second-order valence-corrected chi connectivity index (χ2v) is 7.55. The van der Waals surface area contributed by atoms with Crippen LogP contribution in [0.5, 0.6) is 0 Å². The molecule has 1 atom stereocenters. The highest BCUT2D eigenvalue weighted by Gasteiger charge is 2.12. The molecule has 0 saturated carbocycles. The first-order chi connectivity index (χ1) is 15.6. The van der Waals surface area contributed by atoms with Crippen LogP contribution < -0.4 is 11.1 Å². The Morgan fingerprint density at radius 2 is 1.44 bits per heavy atom. The van der Waals surface area contributed by atoms with Crippen molar-refractivity contribution in [2.24, 2.45) is 5.73 Å². The maximum absolute atomic E-state index is 10.9. The van der Waals surface area contributed by atoms with Gasteiger partial charge in [-0.3, -0.25) is 9.78 Å². The van der Waals surface area contributed by atoms with Crippen LogP contribution in [0.1, 0.15) is 11.1 Å². The van der Waals surface area contributed by atoms with Gasteiger partial charge in [-0.1, -0.05) is 78.9 Å². The molecule has 4 rings (SSSR count). The minimum atomic E-state index is -1.00. The van der Waals surface area contributed by atoms with Gasteiger partial charge >= 0.3 is 5.97 Å². The highest BCUT2D eigenvalue weighted by Crippen LogP contribution is 2.20. The molecular formula is C26H24N4O2. The molecule has 0 radical (unpaired) electrons. The van der Waals surface area contributed by atoms with E-state index in [1.54, 1.807) is 12.4 Å². The summed E-state index contributed by atoms with van der Waals surface area (Å²) in [6.45, 7) is 0.654. The predicted octanol–water partition coefficient (Wildman–Crippen LogP) is 4.38. The topological polar surface area (TPSA) is 101 Å². The van der Waals surface area contributed by atoms with Crippen molar-refractivity contribution < 1.29 is 9.90 Å². The molecule has 0 fully saturated rings. The van der Waals surface area contributed by atoms with Crippen molar-refractivity contribution in [1.29, 1.82) is 0 Å². The first kappa shape index (κ1) is 21.2. The quantitative estimate of drug-likeness (QED) is 0.388. The number of nitrogens with one attached hydrogen (secondary N) is 1. The Bertz CT molecular complexity index is 1160. The first-order valence-corrected chi connectivity index (χ1v) is 10.4. The summed E-state index contributed by atoms with van der Waals surface area (Å²) >= 11 is 0. The van der Waals surface area contributed by atoms with E-state index in [0.717, 1.165) is 22.4 Å². The van der Waals surface area contributed by atoms with Gasteiger partial charge in [0, 0.05) is 12.1 Å². The van der Waals surface area contributed by atoms with E-state index in [9.17, 15) is 4.79 Å². The minimum absolute atomic E-state index is 0.288. The molecule has 6 nitrogen and oxygen atoms in total. The number of nitrogens with zero attached hydrogens (tertiary/aromatic N) is 2. The molecule has 0 aliphatic carbocycles. The van der Waals surface area contributed by atoms with Crippen molar-refractivity contribution in [2.45, 2.75) is 19.0 Å². The molecule has 0 spiro atoms. The molecular weight excluding hydrogens is 400 g/mol. The van der Waals surface area contributed by atoms with E-state index >= 15 is 0 Å². The number of carboxylic acid groups (broad SMARTS) is 1. The summed E-state index contributed by atoms with van der Waals surface area (Å²) in [7, 11) is 0. The third-order valence-corrected chi connectivity index (χ3v) is 5.21. The lowest BCUT2D eigenvalue weighted by Crippen LogP contribution is -2.32. The van der Waals surface area contributed by atoms with Gasteiger partial charge in [0.15, 0.2) is 0 Å². The lowest BCUT2D eigenvalue weighted by atomic mass is 10.0. The fourth-order valence-corrected chi connectivity index (χ4v) is 3.36. The highest BCUT2D eigenvalue weighted by molar-refractivity contribution is 5.73. The van der Waals surface area contributed by atoms with Crippen molar-refractivity contribution in [2.75, 3.05) is 5.32 Å². The number of anilines is 1. The number of carbonyl (C=O) groups is 1. The van der Waals surface area contributed by atoms with E-state index < -0.39 is 12.0 Å². The van der Waals surface area contributed by atoms with Gasteiger partial charge in [-0.05, 0) is 28.7 Å². The normalized spacial score (nSPS) is 11.7. The average molecular weight is 425 g/mol. The molecule has 32 heavy (non-hydrogen) atoms. The average Bonchev–Trinajstić information content (AvgIpc) is 2.84. The number of hydrogen-bond acceptors (Lipinski definition) is 5. The third-order valence-electron chi connectivity index (χ3n) is 5.21. The summed E-state index contributed by atoms with van der Waals surface area (Å²) in [5, 5.41) is 12.2. The van der Waals surface area contributed by atoms with Crippen molar-refractivity contribution in [3.63, 3.8) is 0 Å². The number of carboxylic acids is 1. The zero-order valence-electron chi connectivity index (χ0n) is 17.5. The van der Waals surface area contributed by atoms with Gasteiger partial charge in [-0.25, -0.2) is 4.98 Å². The Morgan fingerprint density at radius 3 is 2.06 bits per heavy atom. The lowest BCUT2D eigenvalue weighted by molar-refractivity contribution is -0.138. The molecule has 3 aromatic carbocycles. The molecule has 1 aromatic heterocycles. The van der Waals surface area contributed by atoms with Crippen LogP contribution in [0, 0.1) is 0 Å². The van der Waals surface area contributed by atoms with Gasteiger partial charge in [-0.15, -0.1) is 0 Å². The summed E-state index contributed by atoms with van der Waals surface area (Å²) < 4.78 is 0. The van der Waals surface area contributed by atoms with Crippen LogP contribution in [0.15, 0.2) is 91.3 Å².